The average Bonchev–Trinajstić information content (AvgIpc) is 3.59. The van der Waals surface area contributed by atoms with E-state index in [1.807, 2.05) is 130 Å². The van der Waals surface area contributed by atoms with Crippen LogP contribution >= 0.6 is 0 Å². The summed E-state index contributed by atoms with van der Waals surface area (Å²) in [6, 6.07) is 66.2. The second-order valence-electron chi connectivity index (χ2n) is 20.0. The Morgan fingerprint density at radius 2 is 0.928 bits per heavy atom. The first-order chi connectivity index (χ1) is 38.1. The normalized spacial score (nSPS) is 10.9. The van der Waals surface area contributed by atoms with E-state index in [0.29, 0.717) is 0 Å². The van der Waals surface area contributed by atoms with Gasteiger partial charge >= 0.3 is 5.51 Å². The third-order valence-electron chi connectivity index (χ3n) is 12.4. The molecular weight excluding hydrogens is 1460 g/mol. The zero-order valence-electron chi connectivity index (χ0n) is 46.9. The minimum Gasteiger partial charge on any atom is -0.741 e. The summed E-state index contributed by atoms with van der Waals surface area (Å²) in [4.78, 5) is 17.9. The van der Waals surface area contributed by atoms with Crippen molar-refractivity contribution >= 4 is 91.3 Å². The first-order valence-electron chi connectivity index (χ1n) is 25.3. The number of hydrogen-bond acceptors (Lipinski definition) is 9. The Hall–Kier alpha value is -6.61. The number of pyridine rings is 4. The van der Waals surface area contributed by atoms with Gasteiger partial charge < -0.3 is 28.6 Å². The monoisotopic (exact) mass is 1530 g/mol. The van der Waals surface area contributed by atoms with Crippen molar-refractivity contribution in [2.24, 2.45) is 0 Å². The molecule has 83 heavy (non-hydrogen) atoms. The Kier molecular flexibility index (Phi) is 26.7. The van der Waals surface area contributed by atoms with Gasteiger partial charge in [0.2, 0.25) is 0 Å². The molecule has 6 aromatic carbocycles. The third kappa shape index (κ3) is 18.0. The molecular formula is C64H67F3Ir2N6O5SSi2-4. The zero-order valence-corrected chi connectivity index (χ0v) is 54.5. The van der Waals surface area contributed by atoms with Crippen molar-refractivity contribution in [3.63, 3.8) is 0 Å². The van der Waals surface area contributed by atoms with Gasteiger partial charge in [-0.1, -0.05) is 141 Å². The number of aryl methyl sites for hydroxylation is 2. The molecule has 440 valence electrons. The molecule has 2 N–H and O–H groups in total. The molecule has 0 unspecified atom stereocenters. The van der Waals surface area contributed by atoms with Gasteiger partial charge in [0.1, 0.15) is 0 Å². The molecule has 0 bridgehead atoms. The summed E-state index contributed by atoms with van der Waals surface area (Å²) in [7, 11) is -6.74. The van der Waals surface area contributed by atoms with Gasteiger partial charge in [0.25, 0.3) is 0 Å². The molecule has 0 spiro atoms. The van der Waals surface area contributed by atoms with Gasteiger partial charge in [-0.05, 0) is 60.6 Å². The first kappa shape index (κ1) is 70.7. The first-order valence-corrected chi connectivity index (χ1v) is 33.7. The second-order valence-corrected chi connectivity index (χ2v) is 31.5. The molecule has 0 saturated heterocycles. The maximum atomic E-state index is 10.7. The van der Waals surface area contributed by atoms with Crippen molar-refractivity contribution < 1.29 is 76.6 Å². The van der Waals surface area contributed by atoms with Crippen molar-refractivity contribution in [1.82, 2.24) is 28.7 Å². The van der Waals surface area contributed by atoms with Crippen LogP contribution in [0.25, 0.3) is 77.2 Å². The summed E-state index contributed by atoms with van der Waals surface area (Å²) in [6.07, 6.45) is 7.79. The SMILES string of the molecule is C.CO.CO.C[Si](C)(C)c1ccc2c(c1)c1ccc[c-]c1c1nccn21.C[Si](C)(C)c1ccc2c(c1)c1ccc[c-]c1c1nccn21.Cc1cccc(-c2[c-]cccc2)n1.Cc1cccc(-c2ccccc2)n1.O=S(=O)([O-])C(F)(F)F.[Ir].[Ir]. The Balaban J connectivity index is 0.000000275. The van der Waals surface area contributed by atoms with Crippen molar-refractivity contribution in [2.45, 2.75) is 66.1 Å². The average molecular weight is 1530 g/mol. The standard InChI is InChI=1S/2C18H17N2Si.C12H11N.C12H10N.CHF3O3S.2CH4O.CH4.2Ir/c2*1-21(2,3)13-8-9-17-16(12-13)14-6-4-5-7-15(14)18-19-10-11-20(17)18;2*1-10-6-5-9-12(13-10)11-7-3-2-4-8-11;2-1(3,4)8(5,6)7;2*1-2;;;/h2*4-6,8-12H,1-3H3;2-9H,1H3;2-7,9H,1H3;(H,5,6,7);2*2H,1H3;1H4;;/q2*-1;;-1;;;;;;/p-1. The van der Waals surface area contributed by atoms with Gasteiger partial charge in [-0.2, -0.15) is 13.2 Å². The Labute approximate surface area is 513 Å². The van der Waals surface area contributed by atoms with Gasteiger partial charge in [0, 0.05) is 107 Å². The number of aliphatic hydroxyl groups excluding tert-OH is 2. The number of halogens is 3. The molecule has 0 fully saturated rings. The van der Waals surface area contributed by atoms with Crippen LogP contribution in [0, 0.1) is 32.0 Å². The maximum Gasteiger partial charge on any atom is 0.485 e. The fourth-order valence-corrected chi connectivity index (χ4v) is 10.8. The molecule has 0 aliphatic rings. The summed E-state index contributed by atoms with van der Waals surface area (Å²) >= 11 is 0. The van der Waals surface area contributed by atoms with Gasteiger partial charge in [-0.25, -0.2) is 8.42 Å². The Morgan fingerprint density at radius 3 is 1.33 bits per heavy atom. The molecule has 6 aromatic heterocycles. The Morgan fingerprint density at radius 1 is 0.518 bits per heavy atom. The number of alkyl halides is 3. The van der Waals surface area contributed by atoms with Crippen LogP contribution in [0.1, 0.15) is 18.8 Å². The van der Waals surface area contributed by atoms with Crippen LogP contribution in [0.15, 0.2) is 189 Å². The van der Waals surface area contributed by atoms with Crippen LogP contribution in [0.3, 0.4) is 0 Å². The van der Waals surface area contributed by atoms with E-state index in [1.165, 1.54) is 48.5 Å². The second kappa shape index (κ2) is 31.3. The van der Waals surface area contributed by atoms with E-state index >= 15 is 0 Å². The van der Waals surface area contributed by atoms with Crippen LogP contribution in [0.5, 0.6) is 0 Å². The van der Waals surface area contributed by atoms with E-state index in [-0.39, 0.29) is 47.6 Å². The predicted octanol–water partition coefficient (Wildman–Crippen LogP) is 13.8. The van der Waals surface area contributed by atoms with Crippen LogP contribution in [0.4, 0.5) is 13.2 Å². The van der Waals surface area contributed by atoms with E-state index < -0.39 is 31.8 Å². The number of imidazole rings is 2. The molecule has 0 aliphatic carbocycles. The van der Waals surface area contributed by atoms with Gasteiger partial charge in [-0.3, -0.25) is 15.0 Å². The smallest absolute Gasteiger partial charge is 0.485 e. The summed E-state index contributed by atoms with van der Waals surface area (Å²) in [5.74, 6) is 0. The third-order valence-corrected chi connectivity index (χ3v) is 17.0. The molecule has 0 amide bonds. The van der Waals surface area contributed by atoms with Crippen molar-refractivity contribution in [3.05, 3.63) is 218 Å². The number of nitrogens with zero attached hydrogens (tertiary/aromatic N) is 6. The fraction of sp³-hybridized carbons (Fsp3) is 0.188. The maximum absolute atomic E-state index is 10.7. The summed E-state index contributed by atoms with van der Waals surface area (Å²) < 4.78 is 63.2. The van der Waals surface area contributed by atoms with Crippen LogP contribution in [-0.2, 0) is 50.3 Å². The minimum absolute atomic E-state index is 0. The summed E-state index contributed by atoms with van der Waals surface area (Å²) in [6.45, 7) is 18.3. The molecule has 0 saturated carbocycles. The van der Waals surface area contributed by atoms with Crippen LogP contribution in [0.2, 0.25) is 39.3 Å². The van der Waals surface area contributed by atoms with Crippen molar-refractivity contribution in [2.75, 3.05) is 14.2 Å². The summed E-state index contributed by atoms with van der Waals surface area (Å²) in [5, 5.41) is 24.3. The van der Waals surface area contributed by atoms with Crippen molar-refractivity contribution in [3.8, 4) is 22.5 Å². The van der Waals surface area contributed by atoms with Crippen molar-refractivity contribution in [1.29, 1.82) is 0 Å². The van der Waals surface area contributed by atoms with Crippen LogP contribution < -0.4 is 10.4 Å². The molecule has 0 aliphatic heterocycles. The van der Waals surface area contributed by atoms with E-state index in [4.69, 9.17) is 23.2 Å². The van der Waals surface area contributed by atoms with Gasteiger partial charge in [0.05, 0.1) is 33.1 Å². The zero-order chi connectivity index (χ0) is 58.4. The van der Waals surface area contributed by atoms with E-state index in [9.17, 15) is 13.2 Å². The molecule has 2 radical (unpaired) electrons. The van der Waals surface area contributed by atoms with E-state index in [0.717, 1.165) is 64.6 Å². The quantitative estimate of drug-likeness (QED) is 0.0575. The molecule has 11 nitrogen and oxygen atoms in total. The number of aliphatic hydroxyl groups is 2. The Bertz CT molecular complexity index is 3860. The van der Waals surface area contributed by atoms with E-state index in [1.54, 1.807) is 0 Å². The number of benzene rings is 6. The largest absolute Gasteiger partial charge is 0.741 e. The van der Waals surface area contributed by atoms with Gasteiger partial charge in [-0.15, -0.1) is 95.2 Å². The molecule has 19 heteroatoms. The topological polar surface area (TPSA) is 158 Å². The fourth-order valence-electron chi connectivity index (χ4n) is 8.47. The molecule has 12 aromatic rings. The number of aromatic nitrogens is 6. The van der Waals surface area contributed by atoms with Gasteiger partial charge in [0.15, 0.2) is 10.1 Å². The number of fused-ring (bicyclic) bond motifs is 12. The number of rotatable bonds is 4. The molecule has 6 heterocycles. The molecule has 12 rings (SSSR count). The number of hydrogen-bond donors (Lipinski definition) is 2. The molecule has 0 atom stereocenters. The predicted molar refractivity (Wildman–Crippen MR) is 330 cm³/mol. The van der Waals surface area contributed by atoms with Crippen LogP contribution in [-0.4, -0.2) is 87.8 Å². The van der Waals surface area contributed by atoms with E-state index in [2.05, 4.69) is 159 Å². The minimum atomic E-state index is -6.09. The summed E-state index contributed by atoms with van der Waals surface area (Å²) in [5.41, 5.74) is 5.10.